The van der Waals surface area contributed by atoms with Crippen LogP contribution in [-0.2, 0) is 9.59 Å². The van der Waals surface area contributed by atoms with E-state index in [1.165, 1.54) is 21.6 Å². The molecular weight excluding hydrogens is 406 g/mol. The van der Waals surface area contributed by atoms with E-state index in [1.54, 1.807) is 11.3 Å². The second kappa shape index (κ2) is 8.17. The van der Waals surface area contributed by atoms with Gasteiger partial charge < -0.3 is 0 Å². The first kappa shape index (κ1) is 20.3. The molecule has 0 N–H and O–H groups in total. The fourth-order valence-electron chi connectivity index (χ4n) is 4.93. The summed E-state index contributed by atoms with van der Waals surface area (Å²) in [4.78, 5) is 34.4. The number of thiazole rings is 1. The zero-order valence-electron chi connectivity index (χ0n) is 18.0. The molecule has 0 spiro atoms. The summed E-state index contributed by atoms with van der Waals surface area (Å²) in [5.41, 5.74) is 3.87. The number of amides is 2. The van der Waals surface area contributed by atoms with Crippen molar-refractivity contribution in [1.29, 1.82) is 0 Å². The smallest absolute Gasteiger partial charge is 0.251 e. The van der Waals surface area contributed by atoms with Gasteiger partial charge in [-0.2, -0.15) is 0 Å². The molecule has 0 bridgehead atoms. The fourth-order valence-corrected chi connectivity index (χ4v) is 6.00. The van der Waals surface area contributed by atoms with Gasteiger partial charge in [-0.25, -0.2) is 9.88 Å². The summed E-state index contributed by atoms with van der Waals surface area (Å²) in [6.45, 7) is 5.16. The Bertz CT molecular complexity index is 1140. The molecule has 3 heterocycles. The van der Waals surface area contributed by atoms with Gasteiger partial charge >= 0.3 is 0 Å². The summed E-state index contributed by atoms with van der Waals surface area (Å²) < 4.78 is 1.17. The molecule has 1 aromatic heterocycles. The maximum atomic E-state index is 13.2. The number of aromatic nitrogens is 1. The van der Waals surface area contributed by atoms with Gasteiger partial charge in [0.2, 0.25) is 5.91 Å². The van der Waals surface area contributed by atoms with Crippen LogP contribution in [0.2, 0.25) is 0 Å². The van der Waals surface area contributed by atoms with E-state index in [2.05, 4.69) is 30.9 Å². The highest BCUT2D eigenvalue weighted by Gasteiger charge is 2.44. The van der Waals surface area contributed by atoms with Crippen molar-refractivity contribution in [3.05, 3.63) is 48.0 Å². The van der Waals surface area contributed by atoms with Crippen molar-refractivity contribution >= 4 is 39.1 Å². The molecular formula is C25H27N3O2S. The number of hydrogen-bond acceptors (Lipinski definition) is 5. The third kappa shape index (κ3) is 3.68. The zero-order valence-corrected chi connectivity index (χ0v) is 18.8. The van der Waals surface area contributed by atoms with Gasteiger partial charge in [-0.1, -0.05) is 19.4 Å². The van der Waals surface area contributed by atoms with Gasteiger partial charge in [0.15, 0.2) is 0 Å². The van der Waals surface area contributed by atoms with E-state index in [0.717, 1.165) is 41.9 Å². The van der Waals surface area contributed by atoms with E-state index in [1.807, 2.05) is 30.3 Å². The molecule has 0 unspecified atom stereocenters. The molecule has 0 saturated carbocycles. The topological polar surface area (TPSA) is 53.5 Å². The molecule has 5 nitrogen and oxygen atoms in total. The van der Waals surface area contributed by atoms with Crippen molar-refractivity contribution in [3.63, 3.8) is 0 Å². The molecule has 2 aliphatic rings. The Morgan fingerprint density at radius 3 is 2.68 bits per heavy atom. The van der Waals surface area contributed by atoms with Gasteiger partial charge in [0.05, 0.1) is 28.4 Å². The maximum Gasteiger partial charge on any atom is 0.251 e. The van der Waals surface area contributed by atoms with Gasteiger partial charge in [-0.15, -0.1) is 11.3 Å². The SMILES string of the molecule is CC[C@H]1CCCCN1[C@H]1CC(=O)N(c2ccc(-c3nc4ccc(C)cc4s3)cc2)C1=O. The summed E-state index contributed by atoms with van der Waals surface area (Å²) >= 11 is 1.66. The van der Waals surface area contributed by atoms with Gasteiger partial charge in [0.1, 0.15) is 5.01 Å². The molecule has 0 aliphatic carbocycles. The molecule has 2 fully saturated rings. The van der Waals surface area contributed by atoms with E-state index in [0.29, 0.717) is 11.7 Å². The van der Waals surface area contributed by atoms with Crippen LogP contribution in [0.3, 0.4) is 0 Å². The number of hydrogen-bond donors (Lipinski definition) is 0. The van der Waals surface area contributed by atoms with Crippen LogP contribution in [0.5, 0.6) is 0 Å². The summed E-state index contributed by atoms with van der Waals surface area (Å²) in [6, 6.07) is 14.0. The Labute approximate surface area is 186 Å². The highest BCUT2D eigenvalue weighted by Crippen LogP contribution is 2.34. The highest BCUT2D eigenvalue weighted by molar-refractivity contribution is 7.21. The lowest BCUT2D eigenvalue weighted by molar-refractivity contribution is -0.123. The second-order valence-corrected chi connectivity index (χ2v) is 9.65. The number of rotatable bonds is 4. The zero-order chi connectivity index (χ0) is 21.5. The van der Waals surface area contributed by atoms with Crippen molar-refractivity contribution in [2.24, 2.45) is 0 Å². The predicted molar refractivity (Wildman–Crippen MR) is 125 cm³/mol. The van der Waals surface area contributed by atoms with E-state index in [9.17, 15) is 9.59 Å². The summed E-state index contributed by atoms with van der Waals surface area (Å²) in [7, 11) is 0. The summed E-state index contributed by atoms with van der Waals surface area (Å²) in [5, 5.41) is 0.947. The molecule has 2 atom stereocenters. The van der Waals surface area contributed by atoms with Crippen LogP contribution in [0.25, 0.3) is 20.8 Å². The predicted octanol–water partition coefficient (Wildman–Crippen LogP) is 5.17. The second-order valence-electron chi connectivity index (χ2n) is 8.62. The minimum absolute atomic E-state index is 0.0754. The first-order valence-electron chi connectivity index (χ1n) is 11.2. The fraction of sp³-hybridized carbons (Fsp3) is 0.400. The number of carbonyl (C=O) groups is 2. The Morgan fingerprint density at radius 1 is 1.10 bits per heavy atom. The first-order valence-corrected chi connectivity index (χ1v) is 12.0. The van der Waals surface area contributed by atoms with Crippen molar-refractivity contribution in [2.45, 2.75) is 58.0 Å². The standard InChI is InChI=1S/C25H27N3O2S/c1-3-18-6-4-5-13-27(18)21-15-23(29)28(25(21)30)19-10-8-17(9-11-19)24-26-20-12-7-16(2)14-22(20)31-24/h7-12,14,18,21H,3-6,13,15H2,1-2H3/t18-,21-/m0/s1. The molecule has 31 heavy (non-hydrogen) atoms. The number of benzene rings is 2. The molecule has 5 rings (SSSR count). The van der Waals surface area contributed by atoms with Crippen LogP contribution in [0.4, 0.5) is 5.69 Å². The Balaban J connectivity index is 1.38. The van der Waals surface area contributed by atoms with Crippen molar-refractivity contribution < 1.29 is 9.59 Å². The van der Waals surface area contributed by atoms with Crippen LogP contribution in [0.15, 0.2) is 42.5 Å². The van der Waals surface area contributed by atoms with Crippen molar-refractivity contribution in [3.8, 4) is 10.6 Å². The van der Waals surface area contributed by atoms with Gasteiger partial charge in [-0.3, -0.25) is 14.5 Å². The number of nitrogens with zero attached hydrogens (tertiary/aromatic N) is 3. The minimum atomic E-state index is -0.315. The largest absolute Gasteiger partial charge is 0.289 e. The molecule has 0 radical (unpaired) electrons. The lowest BCUT2D eigenvalue weighted by atomic mass is 9.97. The number of fused-ring (bicyclic) bond motifs is 1. The molecule has 3 aromatic rings. The van der Waals surface area contributed by atoms with E-state index in [-0.39, 0.29) is 24.3 Å². The normalized spacial score (nSPS) is 22.6. The molecule has 2 saturated heterocycles. The highest BCUT2D eigenvalue weighted by atomic mass is 32.1. The average molecular weight is 434 g/mol. The number of likely N-dealkylation sites (tertiary alicyclic amines) is 1. The van der Waals surface area contributed by atoms with Gasteiger partial charge in [-0.05, 0) is 74.7 Å². The summed E-state index contributed by atoms with van der Waals surface area (Å²) in [5.74, 6) is -0.174. The molecule has 6 heteroatoms. The van der Waals surface area contributed by atoms with E-state index in [4.69, 9.17) is 4.98 Å². The van der Waals surface area contributed by atoms with Crippen LogP contribution in [-0.4, -0.2) is 40.3 Å². The number of anilines is 1. The Hall–Kier alpha value is -2.57. The van der Waals surface area contributed by atoms with Crippen LogP contribution < -0.4 is 4.90 Å². The summed E-state index contributed by atoms with van der Waals surface area (Å²) in [6.07, 6.45) is 4.73. The number of aryl methyl sites for hydroxylation is 1. The quantitative estimate of drug-likeness (QED) is 0.533. The first-order chi connectivity index (χ1) is 15.0. The molecule has 160 valence electrons. The lowest BCUT2D eigenvalue weighted by Crippen LogP contribution is -2.49. The number of imide groups is 1. The molecule has 2 aromatic carbocycles. The number of piperidine rings is 1. The third-order valence-electron chi connectivity index (χ3n) is 6.58. The van der Waals surface area contributed by atoms with Gasteiger partial charge in [0.25, 0.3) is 5.91 Å². The van der Waals surface area contributed by atoms with Crippen LogP contribution >= 0.6 is 11.3 Å². The lowest BCUT2D eigenvalue weighted by Gasteiger charge is -2.38. The monoisotopic (exact) mass is 433 g/mol. The Morgan fingerprint density at radius 2 is 1.90 bits per heavy atom. The van der Waals surface area contributed by atoms with Crippen LogP contribution in [0, 0.1) is 6.92 Å². The average Bonchev–Trinajstić information content (AvgIpc) is 3.33. The van der Waals surface area contributed by atoms with Crippen molar-refractivity contribution in [2.75, 3.05) is 11.4 Å². The molecule has 2 amide bonds. The van der Waals surface area contributed by atoms with E-state index < -0.39 is 0 Å². The maximum absolute atomic E-state index is 13.2. The third-order valence-corrected chi connectivity index (χ3v) is 7.65. The Kier molecular flexibility index (Phi) is 5.36. The van der Waals surface area contributed by atoms with Crippen LogP contribution in [0.1, 0.15) is 44.6 Å². The molecule has 2 aliphatic heterocycles. The van der Waals surface area contributed by atoms with Gasteiger partial charge in [0, 0.05) is 11.6 Å². The minimum Gasteiger partial charge on any atom is -0.289 e. The number of carbonyl (C=O) groups excluding carboxylic acids is 2. The van der Waals surface area contributed by atoms with E-state index >= 15 is 0 Å². The van der Waals surface area contributed by atoms with Crippen molar-refractivity contribution in [1.82, 2.24) is 9.88 Å².